The minimum atomic E-state index is -2.21. The van der Waals surface area contributed by atoms with Crippen molar-refractivity contribution in [3.05, 3.63) is 118 Å². The Labute approximate surface area is 361 Å². The zero-order valence-corrected chi connectivity index (χ0v) is 40.1. The fraction of sp³-hybridized carbons (Fsp3) is 0.560. The van der Waals surface area contributed by atoms with E-state index < -0.39 is 67.2 Å². The average molecular weight is 842 g/mol. The van der Waals surface area contributed by atoms with Crippen LogP contribution in [0.3, 0.4) is 0 Å². The Morgan fingerprint density at radius 2 is 0.787 bits per heavy atom. The molecule has 0 radical (unpaired) electrons. The largest absolute Gasteiger partial charge is 0.507 e. The van der Waals surface area contributed by atoms with Gasteiger partial charge in [0, 0.05) is 6.42 Å². The molecular weight excluding hydrogens is 771 g/mol. The van der Waals surface area contributed by atoms with Crippen molar-refractivity contribution in [1.82, 2.24) is 14.5 Å². The van der Waals surface area contributed by atoms with Gasteiger partial charge in [0.15, 0.2) is 6.10 Å². The lowest BCUT2D eigenvalue weighted by Crippen LogP contribution is -2.58. The fourth-order valence-corrected chi connectivity index (χ4v) is 8.15. The molecule has 0 spiro atoms. The van der Waals surface area contributed by atoms with E-state index in [4.69, 9.17) is 4.74 Å². The maximum Gasteiger partial charge on any atom is 0.334 e. The lowest BCUT2D eigenvalue weighted by molar-refractivity contribution is -0.153. The second kappa shape index (κ2) is 15.7. The number of esters is 1. The molecule has 5 N–H and O–H groups in total. The van der Waals surface area contributed by atoms with Crippen molar-refractivity contribution in [2.45, 2.75) is 182 Å². The van der Waals surface area contributed by atoms with Gasteiger partial charge in [0.1, 0.15) is 22.8 Å². The van der Waals surface area contributed by atoms with E-state index >= 15 is 0 Å². The lowest BCUT2D eigenvalue weighted by Gasteiger charge is -2.44. The molecule has 334 valence electrons. The maximum absolute atomic E-state index is 14.9. The second-order valence-corrected chi connectivity index (χ2v) is 22.8. The van der Waals surface area contributed by atoms with Crippen molar-refractivity contribution < 1.29 is 24.9 Å². The van der Waals surface area contributed by atoms with Crippen LogP contribution in [0.5, 0.6) is 17.2 Å². The molecule has 1 unspecified atom stereocenters. The molecule has 0 saturated carbocycles. The van der Waals surface area contributed by atoms with Crippen LogP contribution in [0.2, 0.25) is 0 Å². The maximum atomic E-state index is 14.9. The molecular formula is C50H71N3O8. The van der Waals surface area contributed by atoms with E-state index in [0.29, 0.717) is 38.9 Å². The van der Waals surface area contributed by atoms with Gasteiger partial charge in [-0.1, -0.05) is 132 Å². The van der Waals surface area contributed by atoms with Crippen LogP contribution in [-0.2, 0) is 47.6 Å². The first-order chi connectivity index (χ1) is 27.4. The number of benzene rings is 3. The molecule has 0 aliphatic heterocycles. The molecule has 3 aromatic carbocycles. The summed E-state index contributed by atoms with van der Waals surface area (Å²) in [5.74, 6) is -0.566. The number of hydrogen-bond donors (Lipinski definition) is 5. The second-order valence-electron chi connectivity index (χ2n) is 22.8. The first-order valence-electron chi connectivity index (χ1n) is 21.2. The monoisotopic (exact) mass is 842 g/mol. The Balaban J connectivity index is 2.69. The minimum absolute atomic E-state index is 0.0219. The summed E-state index contributed by atoms with van der Waals surface area (Å²) in [5, 5.41) is 36.4. The van der Waals surface area contributed by atoms with E-state index in [1.807, 2.05) is 125 Å². The Morgan fingerprint density at radius 1 is 0.525 bits per heavy atom. The first kappa shape index (κ1) is 48.6. The van der Waals surface area contributed by atoms with E-state index in [1.54, 1.807) is 43.3 Å². The Morgan fingerprint density at radius 3 is 1.03 bits per heavy atom. The van der Waals surface area contributed by atoms with Crippen molar-refractivity contribution in [2.75, 3.05) is 0 Å². The summed E-state index contributed by atoms with van der Waals surface area (Å²) in [6.07, 6.45) is -1.67. The van der Waals surface area contributed by atoms with E-state index in [0.717, 1.165) is 4.57 Å². The van der Waals surface area contributed by atoms with Crippen LogP contribution in [0.25, 0.3) is 0 Å². The highest BCUT2D eigenvalue weighted by atomic mass is 16.5. The average Bonchev–Trinajstić information content (AvgIpc) is 3.06. The number of phenols is 3. The summed E-state index contributed by atoms with van der Waals surface area (Å²) < 4.78 is 7.64. The highest BCUT2D eigenvalue weighted by molar-refractivity contribution is 5.70. The molecule has 0 aliphatic carbocycles. The third-order valence-corrected chi connectivity index (χ3v) is 11.5. The Hall–Kier alpha value is -5.06. The van der Waals surface area contributed by atoms with Gasteiger partial charge in [-0.25, -0.2) is 19.0 Å². The summed E-state index contributed by atoms with van der Waals surface area (Å²) in [7, 11) is 0. The predicted octanol–water partition coefficient (Wildman–Crippen LogP) is 9.61. The standard InChI is InChI=1S/C50H71N3O8/c1-20-36(54)61-40(27-21-30(44(2,3)4)37(55)31(22-27)45(5,6)7)50(53-42(59)51-41(58)52-43(53)60,28-23-32(46(8,9)10)38(56)33(24-28)47(11,12)13)29-25-34(48(14,15)16)39(57)35(26-29)49(17,18)19/h21-26,40,55-57H,20H2,1-19H3,(H2,51,52,58,59,60). The number of carbonyl (C=O) groups is 1. The van der Waals surface area contributed by atoms with Gasteiger partial charge in [0.05, 0.1) is 0 Å². The highest BCUT2D eigenvalue weighted by Crippen LogP contribution is 2.54. The molecule has 11 nitrogen and oxygen atoms in total. The Kier molecular flexibility index (Phi) is 12.5. The molecule has 0 aliphatic rings. The lowest BCUT2D eigenvalue weighted by atomic mass is 9.67. The van der Waals surface area contributed by atoms with Gasteiger partial charge in [-0.15, -0.1) is 0 Å². The zero-order chi connectivity index (χ0) is 47.0. The van der Waals surface area contributed by atoms with E-state index in [2.05, 4.69) is 9.97 Å². The number of aromatic hydroxyl groups is 3. The number of H-pyrrole nitrogens is 2. The third-order valence-electron chi connectivity index (χ3n) is 11.5. The SMILES string of the molecule is CCC(=O)OC(c1cc(C(C)(C)C)c(O)c(C(C)(C)C)c1)C(c1cc(C(C)(C)C)c(O)c(C(C)(C)C)c1)(c1cc(C(C)(C)C)c(O)c(C(C)(C)C)c1)n1c(=O)[nH]c(=O)[nH]c1=O. The van der Waals surface area contributed by atoms with Gasteiger partial charge in [-0.3, -0.25) is 14.8 Å². The molecule has 0 amide bonds. The summed E-state index contributed by atoms with van der Waals surface area (Å²) in [6, 6.07) is 10.5. The van der Waals surface area contributed by atoms with Gasteiger partial charge in [0.2, 0.25) is 0 Å². The van der Waals surface area contributed by atoms with Crippen molar-refractivity contribution in [3.8, 4) is 17.2 Å². The normalized spacial score (nSPS) is 14.0. The molecule has 1 aromatic heterocycles. The van der Waals surface area contributed by atoms with Gasteiger partial charge >= 0.3 is 23.0 Å². The van der Waals surface area contributed by atoms with Crippen LogP contribution in [-0.4, -0.2) is 35.8 Å². The quantitative estimate of drug-likeness (QED) is 0.114. The highest BCUT2D eigenvalue weighted by Gasteiger charge is 2.52. The van der Waals surface area contributed by atoms with Gasteiger partial charge in [-0.05, 0) is 119 Å². The third kappa shape index (κ3) is 9.26. The number of hydrogen-bond acceptors (Lipinski definition) is 8. The first-order valence-corrected chi connectivity index (χ1v) is 21.2. The number of nitrogens with zero attached hydrogens (tertiary/aromatic N) is 1. The van der Waals surface area contributed by atoms with Gasteiger partial charge in [0.25, 0.3) is 0 Å². The van der Waals surface area contributed by atoms with Crippen LogP contribution in [0.15, 0.2) is 50.8 Å². The van der Waals surface area contributed by atoms with Crippen LogP contribution in [0.1, 0.15) is 194 Å². The minimum Gasteiger partial charge on any atom is -0.507 e. The van der Waals surface area contributed by atoms with Crippen molar-refractivity contribution in [1.29, 1.82) is 0 Å². The molecule has 1 heterocycles. The van der Waals surface area contributed by atoms with E-state index in [9.17, 15) is 34.5 Å². The number of phenolic OH excluding ortho intramolecular Hbond substituents is 3. The fourth-order valence-electron chi connectivity index (χ4n) is 8.15. The van der Waals surface area contributed by atoms with E-state index in [1.165, 1.54) is 0 Å². The summed E-state index contributed by atoms with van der Waals surface area (Å²) in [6.45, 7) is 36.6. The number of rotatable bonds is 7. The van der Waals surface area contributed by atoms with Crippen molar-refractivity contribution in [3.63, 3.8) is 0 Å². The summed E-state index contributed by atoms with van der Waals surface area (Å²) in [4.78, 5) is 61.7. The summed E-state index contributed by atoms with van der Waals surface area (Å²) >= 11 is 0. The van der Waals surface area contributed by atoms with Crippen molar-refractivity contribution in [2.24, 2.45) is 0 Å². The van der Waals surface area contributed by atoms with Crippen LogP contribution in [0, 0.1) is 0 Å². The van der Waals surface area contributed by atoms with Crippen LogP contribution >= 0.6 is 0 Å². The topological polar surface area (TPSA) is 175 Å². The number of aromatic nitrogens is 3. The number of nitrogens with one attached hydrogen (secondary N) is 2. The Bertz CT molecular complexity index is 2290. The molecule has 61 heavy (non-hydrogen) atoms. The predicted molar refractivity (Wildman–Crippen MR) is 244 cm³/mol. The number of ether oxygens (including phenoxy) is 1. The summed E-state index contributed by atoms with van der Waals surface area (Å²) in [5.41, 5.74) is -5.75. The van der Waals surface area contributed by atoms with Gasteiger partial charge in [-0.2, -0.15) is 0 Å². The van der Waals surface area contributed by atoms with Gasteiger partial charge < -0.3 is 20.1 Å². The molecule has 11 heteroatoms. The zero-order valence-electron chi connectivity index (χ0n) is 40.1. The van der Waals surface area contributed by atoms with Crippen LogP contribution in [0.4, 0.5) is 0 Å². The molecule has 4 rings (SSSR count). The van der Waals surface area contributed by atoms with Crippen LogP contribution < -0.4 is 17.1 Å². The molecule has 0 bridgehead atoms. The molecule has 4 aromatic rings. The molecule has 0 saturated heterocycles. The number of aromatic amines is 2. The molecule has 0 fully saturated rings. The smallest absolute Gasteiger partial charge is 0.334 e. The van der Waals surface area contributed by atoms with E-state index in [-0.39, 0.29) is 34.8 Å². The van der Waals surface area contributed by atoms with Crippen molar-refractivity contribution >= 4 is 5.97 Å². The number of carbonyl (C=O) groups excluding carboxylic acids is 1. The molecule has 1 atom stereocenters.